The number of esters is 1. The summed E-state index contributed by atoms with van der Waals surface area (Å²) in [6.07, 6.45) is 15.5. The van der Waals surface area contributed by atoms with Crippen molar-refractivity contribution in [2.24, 2.45) is 5.41 Å². The topological polar surface area (TPSA) is 63.6 Å². The van der Waals surface area contributed by atoms with Gasteiger partial charge in [0.05, 0.1) is 0 Å². The minimum absolute atomic E-state index is 0.320. The molecule has 0 saturated carbocycles. The third-order valence-corrected chi connectivity index (χ3v) is 5.93. The van der Waals surface area contributed by atoms with Gasteiger partial charge in [0, 0.05) is 11.6 Å². The first-order chi connectivity index (χ1) is 13.7. The number of aliphatic hydroxyl groups is 1. The molecule has 0 aromatic rings. The van der Waals surface area contributed by atoms with Crippen molar-refractivity contribution in [3.05, 3.63) is 58.2 Å². The Bertz CT molecular complexity index is 775. The molecule has 1 N–H and O–H groups in total. The van der Waals surface area contributed by atoms with Crippen LogP contribution in [0.4, 0.5) is 0 Å². The lowest BCUT2D eigenvalue weighted by molar-refractivity contribution is -0.150. The average molecular weight is 399 g/mol. The molecule has 1 aliphatic heterocycles. The van der Waals surface area contributed by atoms with Gasteiger partial charge in [-0.25, -0.2) is 4.79 Å². The molecule has 0 aromatic carbocycles. The summed E-state index contributed by atoms with van der Waals surface area (Å²) in [5.41, 5.74) is 5.95. The molecule has 0 spiro atoms. The molecule has 1 heterocycles. The van der Waals surface area contributed by atoms with Crippen LogP contribution in [0.5, 0.6) is 0 Å². The minimum atomic E-state index is -1.22. The van der Waals surface area contributed by atoms with E-state index in [9.17, 15) is 14.7 Å². The van der Waals surface area contributed by atoms with E-state index in [1.165, 1.54) is 30.9 Å². The fourth-order valence-electron chi connectivity index (χ4n) is 4.15. The Hall–Kier alpha value is -2.20. The maximum atomic E-state index is 11.3. The molecule has 4 heteroatoms. The van der Waals surface area contributed by atoms with Gasteiger partial charge in [-0.2, -0.15) is 0 Å². The third kappa shape index (κ3) is 6.97. The molecule has 1 aliphatic carbocycles. The van der Waals surface area contributed by atoms with Gasteiger partial charge in [0.25, 0.3) is 0 Å². The van der Waals surface area contributed by atoms with E-state index < -0.39 is 12.3 Å². The van der Waals surface area contributed by atoms with Crippen LogP contribution in [0, 0.1) is 5.41 Å². The second-order valence-corrected chi connectivity index (χ2v) is 8.74. The molecule has 0 aromatic heterocycles. The van der Waals surface area contributed by atoms with Crippen LogP contribution >= 0.6 is 0 Å². The van der Waals surface area contributed by atoms with Gasteiger partial charge in [0.1, 0.15) is 6.29 Å². The number of carbonyl (C=O) groups is 2. The van der Waals surface area contributed by atoms with Crippen molar-refractivity contribution >= 4 is 12.3 Å². The Morgan fingerprint density at radius 2 is 2.10 bits per heavy atom. The molecule has 1 unspecified atom stereocenters. The van der Waals surface area contributed by atoms with Gasteiger partial charge in [-0.1, -0.05) is 54.9 Å². The standard InChI is InChI=1S/C25H34O4/c1-18(13-14-22-19(2)9-7-15-25(22,3)4)8-5-10-20(17-26)11-6-12-21-16-23(27)29-24(21)28/h6,8,11-12,16-17,24,28H,5,7,9-10,13-15H2,1-4H3/b12-6+,18-8?,20-11?. The van der Waals surface area contributed by atoms with Crippen LogP contribution in [0.2, 0.25) is 0 Å². The summed E-state index contributed by atoms with van der Waals surface area (Å²) < 4.78 is 4.61. The van der Waals surface area contributed by atoms with E-state index in [0.29, 0.717) is 23.0 Å². The number of hydrogen-bond acceptors (Lipinski definition) is 4. The summed E-state index contributed by atoms with van der Waals surface area (Å²) in [5.74, 6) is -0.556. The van der Waals surface area contributed by atoms with Gasteiger partial charge in [-0.05, 0) is 69.8 Å². The van der Waals surface area contributed by atoms with E-state index in [0.717, 1.165) is 25.5 Å². The quantitative estimate of drug-likeness (QED) is 0.183. The molecule has 0 saturated heterocycles. The van der Waals surface area contributed by atoms with E-state index in [2.05, 4.69) is 38.5 Å². The Labute approximate surface area is 174 Å². The average Bonchev–Trinajstić information content (AvgIpc) is 2.96. The van der Waals surface area contributed by atoms with E-state index in [-0.39, 0.29) is 0 Å². The van der Waals surface area contributed by atoms with E-state index in [1.54, 1.807) is 29.4 Å². The first kappa shape index (κ1) is 23.1. The number of hydrogen-bond donors (Lipinski definition) is 1. The number of ether oxygens (including phenoxy) is 1. The number of aliphatic hydroxyl groups excluding tert-OH is 1. The van der Waals surface area contributed by atoms with Crippen molar-refractivity contribution in [2.45, 2.75) is 78.9 Å². The van der Waals surface area contributed by atoms with Gasteiger partial charge in [0.2, 0.25) is 6.29 Å². The second-order valence-electron chi connectivity index (χ2n) is 8.74. The zero-order valence-corrected chi connectivity index (χ0v) is 18.2. The molecule has 1 atom stereocenters. The van der Waals surface area contributed by atoms with Gasteiger partial charge in [-0.15, -0.1) is 0 Å². The van der Waals surface area contributed by atoms with Crippen LogP contribution in [-0.4, -0.2) is 23.7 Å². The molecule has 4 nitrogen and oxygen atoms in total. The van der Waals surface area contributed by atoms with Crippen LogP contribution in [0.1, 0.15) is 72.6 Å². The molecule has 2 rings (SSSR count). The van der Waals surface area contributed by atoms with Crippen molar-refractivity contribution in [2.75, 3.05) is 0 Å². The predicted molar refractivity (Wildman–Crippen MR) is 116 cm³/mol. The fraction of sp³-hybridized carbons (Fsp3) is 0.520. The summed E-state index contributed by atoms with van der Waals surface area (Å²) in [6.45, 7) is 9.18. The van der Waals surface area contributed by atoms with Crippen molar-refractivity contribution in [1.29, 1.82) is 0 Å². The highest BCUT2D eigenvalue weighted by atomic mass is 16.6. The number of allylic oxidation sites excluding steroid dienone is 7. The summed E-state index contributed by atoms with van der Waals surface area (Å²) in [5, 5.41) is 9.51. The molecular weight excluding hydrogens is 364 g/mol. The van der Waals surface area contributed by atoms with E-state index in [1.807, 2.05) is 0 Å². The summed E-state index contributed by atoms with van der Waals surface area (Å²) >= 11 is 0. The molecule has 0 fully saturated rings. The van der Waals surface area contributed by atoms with Crippen molar-refractivity contribution in [3.63, 3.8) is 0 Å². The lowest BCUT2D eigenvalue weighted by atomic mass is 9.71. The molecule has 29 heavy (non-hydrogen) atoms. The van der Waals surface area contributed by atoms with Crippen LogP contribution in [0.3, 0.4) is 0 Å². The molecule has 0 amide bonds. The predicted octanol–water partition coefficient (Wildman–Crippen LogP) is 5.50. The van der Waals surface area contributed by atoms with Crippen LogP contribution in [-0.2, 0) is 14.3 Å². The first-order valence-electron chi connectivity index (χ1n) is 10.5. The highest BCUT2D eigenvalue weighted by molar-refractivity contribution is 5.86. The Morgan fingerprint density at radius 3 is 2.72 bits per heavy atom. The summed E-state index contributed by atoms with van der Waals surface area (Å²) in [7, 11) is 0. The fourth-order valence-corrected chi connectivity index (χ4v) is 4.15. The first-order valence-corrected chi connectivity index (χ1v) is 10.5. The van der Waals surface area contributed by atoms with E-state index >= 15 is 0 Å². The van der Waals surface area contributed by atoms with Gasteiger partial charge >= 0.3 is 5.97 Å². The van der Waals surface area contributed by atoms with E-state index in [4.69, 9.17) is 0 Å². The normalized spacial score (nSPS) is 22.9. The lowest BCUT2D eigenvalue weighted by Crippen LogP contribution is -2.20. The van der Waals surface area contributed by atoms with Crippen molar-refractivity contribution in [1.82, 2.24) is 0 Å². The highest BCUT2D eigenvalue weighted by Crippen LogP contribution is 2.42. The molecular formula is C25H34O4. The van der Waals surface area contributed by atoms with Gasteiger partial charge in [0.15, 0.2) is 0 Å². The number of rotatable bonds is 9. The number of cyclic esters (lactones) is 1. The second kappa shape index (κ2) is 10.5. The summed E-state index contributed by atoms with van der Waals surface area (Å²) in [6, 6.07) is 0. The van der Waals surface area contributed by atoms with Crippen LogP contribution in [0.15, 0.2) is 58.2 Å². The summed E-state index contributed by atoms with van der Waals surface area (Å²) in [4.78, 5) is 22.3. The maximum Gasteiger partial charge on any atom is 0.333 e. The van der Waals surface area contributed by atoms with Gasteiger partial charge < -0.3 is 9.84 Å². The molecule has 158 valence electrons. The van der Waals surface area contributed by atoms with Gasteiger partial charge in [-0.3, -0.25) is 4.79 Å². The van der Waals surface area contributed by atoms with Crippen molar-refractivity contribution in [3.8, 4) is 0 Å². The van der Waals surface area contributed by atoms with Crippen LogP contribution < -0.4 is 0 Å². The zero-order chi connectivity index (χ0) is 21.4. The maximum absolute atomic E-state index is 11.3. The molecule has 0 bridgehead atoms. The SMILES string of the molecule is CC(=CCCC(C=O)=C/C=C/C1=CC(=O)OC1O)CCC1=C(C)CCCC1(C)C. The largest absolute Gasteiger partial charge is 0.428 e. The Balaban J connectivity index is 1.84. The van der Waals surface area contributed by atoms with Crippen molar-refractivity contribution < 1.29 is 19.4 Å². The Morgan fingerprint density at radius 1 is 1.34 bits per heavy atom. The minimum Gasteiger partial charge on any atom is -0.428 e. The highest BCUT2D eigenvalue weighted by Gasteiger charge is 2.27. The monoisotopic (exact) mass is 398 g/mol. The third-order valence-electron chi connectivity index (χ3n) is 5.93. The zero-order valence-electron chi connectivity index (χ0n) is 18.2. The van der Waals surface area contributed by atoms with Crippen LogP contribution in [0.25, 0.3) is 0 Å². The number of carbonyl (C=O) groups excluding carboxylic acids is 2. The molecule has 0 radical (unpaired) electrons. The number of aldehydes is 1. The lowest BCUT2D eigenvalue weighted by Gasteiger charge is -2.35. The Kier molecular flexibility index (Phi) is 8.39. The smallest absolute Gasteiger partial charge is 0.333 e. The molecule has 2 aliphatic rings.